The summed E-state index contributed by atoms with van der Waals surface area (Å²) in [6.07, 6.45) is 17.5. The van der Waals surface area contributed by atoms with E-state index in [1.165, 1.54) is 51.4 Å². The summed E-state index contributed by atoms with van der Waals surface area (Å²) in [4.78, 5) is 11.5. The van der Waals surface area contributed by atoms with E-state index >= 15 is 0 Å². The number of hydrogen-bond acceptors (Lipinski definition) is 3. The molecule has 152 valence electrons. The molecule has 0 aromatic rings. The van der Waals surface area contributed by atoms with Crippen molar-refractivity contribution in [3.63, 3.8) is 0 Å². The van der Waals surface area contributed by atoms with Crippen LogP contribution < -0.4 is 0 Å². The molecule has 0 spiro atoms. The summed E-state index contributed by atoms with van der Waals surface area (Å²) in [7, 11) is 5.57. The van der Waals surface area contributed by atoms with Gasteiger partial charge in [0.1, 0.15) is 0 Å². The van der Waals surface area contributed by atoms with Crippen LogP contribution in [-0.4, -0.2) is 24.8 Å². The number of aliphatic hydroxyl groups excluding tert-OH is 1. The van der Waals surface area contributed by atoms with Gasteiger partial charge in [-0.15, -0.1) is 6.42 Å². The van der Waals surface area contributed by atoms with Crippen molar-refractivity contribution in [2.75, 3.05) is 13.7 Å². The van der Waals surface area contributed by atoms with Crippen LogP contribution in [0.2, 0.25) is 0 Å². The SMILES string of the molecule is CO.[CH2-][C@@H]1[CH-]CCCCC(=O)OCCCCCCCCCC1.[CH3-].[Cl][Ru+3]. The topological polar surface area (TPSA) is 46.5 Å². The van der Waals surface area contributed by atoms with Crippen LogP contribution in [0.1, 0.15) is 83.5 Å². The van der Waals surface area contributed by atoms with E-state index in [0.717, 1.165) is 32.8 Å². The van der Waals surface area contributed by atoms with Crippen molar-refractivity contribution in [1.82, 2.24) is 0 Å². The number of esters is 1. The van der Waals surface area contributed by atoms with Gasteiger partial charge in [0.2, 0.25) is 0 Å². The molecule has 1 rings (SSSR count). The standard InChI is InChI=1S/C18H32O2.CH4O.CH3.ClH.Ru/c1-17-13-9-6-4-2-3-5-7-12-16-20-18(19)15-11-8-10-14-17;1-2;;;/h14,17H,1-13,15-16H2;2H,1H3;1H3;1H;/q-2;;-1;;+4/p-1/t17-;;;;/m0..../s1. The summed E-state index contributed by atoms with van der Waals surface area (Å²) in [5, 5.41) is 7.00. The average Bonchev–Trinajstić information content (AvgIpc) is 2.62. The number of rotatable bonds is 0. The van der Waals surface area contributed by atoms with Gasteiger partial charge >= 0.3 is 33.0 Å². The van der Waals surface area contributed by atoms with Crippen LogP contribution in [0.5, 0.6) is 0 Å². The van der Waals surface area contributed by atoms with Crippen molar-refractivity contribution < 1.29 is 31.9 Å². The Hall–Kier alpha value is 0.343. The summed E-state index contributed by atoms with van der Waals surface area (Å²) in [5.74, 6) is 0.470. The molecule has 1 atom stereocenters. The average molecular weight is 464 g/mol. The fourth-order valence-electron chi connectivity index (χ4n) is 2.71. The van der Waals surface area contributed by atoms with Gasteiger partial charge in [0.15, 0.2) is 0 Å². The zero-order valence-electron chi connectivity index (χ0n) is 16.3. The van der Waals surface area contributed by atoms with E-state index in [2.05, 4.69) is 23.0 Å². The fourth-order valence-corrected chi connectivity index (χ4v) is 2.71. The van der Waals surface area contributed by atoms with Crippen LogP contribution in [0, 0.1) is 26.7 Å². The molecule has 1 aliphatic rings. The number of carbonyl (C=O) groups excluding carboxylic acids is 1. The molecule has 3 nitrogen and oxygen atoms in total. The van der Waals surface area contributed by atoms with Crippen LogP contribution in [0.4, 0.5) is 0 Å². The summed E-state index contributed by atoms with van der Waals surface area (Å²) >= 11 is 1.82. The van der Waals surface area contributed by atoms with E-state index in [9.17, 15) is 4.79 Å². The monoisotopic (exact) mass is 464 g/mol. The van der Waals surface area contributed by atoms with Gasteiger partial charge < -0.3 is 36.5 Å². The van der Waals surface area contributed by atoms with Crippen LogP contribution >= 0.6 is 9.69 Å². The van der Waals surface area contributed by atoms with Crippen molar-refractivity contribution in [1.29, 1.82) is 0 Å². The second-order valence-electron chi connectivity index (χ2n) is 6.08. The molecule has 0 aliphatic carbocycles. The molecule has 5 heteroatoms. The predicted octanol–water partition coefficient (Wildman–Crippen LogP) is 6.01. The van der Waals surface area contributed by atoms with E-state index in [1.54, 1.807) is 0 Å². The first kappa shape index (κ1) is 30.1. The molecule has 1 saturated heterocycles. The fraction of sp³-hybridized carbons (Fsp3) is 0.800. The van der Waals surface area contributed by atoms with Crippen LogP contribution in [0.15, 0.2) is 0 Å². The first-order valence-electron chi connectivity index (χ1n) is 9.19. The van der Waals surface area contributed by atoms with E-state index in [-0.39, 0.29) is 13.4 Å². The summed E-state index contributed by atoms with van der Waals surface area (Å²) in [6, 6.07) is 0. The predicted molar refractivity (Wildman–Crippen MR) is 105 cm³/mol. The van der Waals surface area contributed by atoms with E-state index in [1.807, 2.05) is 17.3 Å². The Morgan fingerprint density at radius 1 is 1.00 bits per heavy atom. The van der Waals surface area contributed by atoms with Gasteiger partial charge in [-0.3, -0.25) is 4.79 Å². The van der Waals surface area contributed by atoms with Gasteiger partial charge in [-0.05, 0) is 12.8 Å². The Bertz CT molecular complexity index is 253. The van der Waals surface area contributed by atoms with Crippen LogP contribution in [0.3, 0.4) is 0 Å². The Kier molecular flexibility index (Phi) is 32.0. The minimum atomic E-state index is -0.0164. The van der Waals surface area contributed by atoms with Crippen molar-refractivity contribution in [2.45, 2.75) is 83.5 Å². The zero-order chi connectivity index (χ0) is 18.5. The first-order chi connectivity index (χ1) is 11.8. The number of carbonyl (C=O) groups is 1. The molecular weight excluding hydrogens is 425 g/mol. The number of halogens is 1. The van der Waals surface area contributed by atoms with Crippen LogP contribution in [-0.2, 0) is 26.8 Å². The third-order valence-electron chi connectivity index (χ3n) is 4.07. The van der Waals surface area contributed by atoms with Gasteiger partial charge in [-0.2, -0.15) is 6.42 Å². The number of hydrogen-bond donors (Lipinski definition) is 1. The Labute approximate surface area is 171 Å². The Morgan fingerprint density at radius 3 is 2.12 bits per heavy atom. The van der Waals surface area contributed by atoms with Gasteiger partial charge in [-0.25, -0.2) is 0 Å². The quantitative estimate of drug-likeness (QED) is 0.271. The summed E-state index contributed by atoms with van der Waals surface area (Å²) < 4.78 is 5.25. The van der Waals surface area contributed by atoms with Crippen molar-refractivity contribution in [3.8, 4) is 0 Å². The van der Waals surface area contributed by atoms with Gasteiger partial charge in [0, 0.05) is 13.5 Å². The Balaban J connectivity index is -0.000000899. The van der Waals surface area contributed by atoms with Crippen LogP contribution in [0.25, 0.3) is 0 Å². The third kappa shape index (κ3) is 24.3. The van der Waals surface area contributed by atoms with Gasteiger partial charge in [-0.1, -0.05) is 51.4 Å². The molecule has 1 aliphatic heterocycles. The minimum absolute atomic E-state index is 0. The van der Waals surface area contributed by atoms with Crippen molar-refractivity contribution in [3.05, 3.63) is 20.8 Å². The number of aliphatic hydroxyl groups is 1. The summed E-state index contributed by atoms with van der Waals surface area (Å²) in [5.41, 5.74) is 0. The maximum absolute atomic E-state index is 11.5. The molecule has 0 saturated carbocycles. The molecule has 1 fully saturated rings. The maximum atomic E-state index is 11.5. The molecule has 1 heterocycles. The molecule has 0 unspecified atom stereocenters. The molecule has 1 N–H and O–H groups in total. The molecule has 0 bridgehead atoms. The third-order valence-corrected chi connectivity index (χ3v) is 4.07. The molecule has 0 amide bonds. The zero-order valence-corrected chi connectivity index (χ0v) is 18.8. The van der Waals surface area contributed by atoms with Gasteiger partial charge in [0.25, 0.3) is 0 Å². The normalized spacial score (nSPS) is 21.4. The van der Waals surface area contributed by atoms with Crippen molar-refractivity contribution in [2.24, 2.45) is 5.92 Å². The van der Waals surface area contributed by atoms with E-state index in [4.69, 9.17) is 9.84 Å². The first-order valence-corrected chi connectivity index (χ1v) is 11.4. The molecular formula is C20H39ClO3Ru. The van der Waals surface area contributed by atoms with E-state index in [0.29, 0.717) is 18.9 Å². The molecule has 0 aromatic carbocycles. The summed E-state index contributed by atoms with van der Waals surface area (Å²) in [6.45, 7) is 4.81. The number of cyclic esters (lactones) is 1. The second kappa shape index (κ2) is 26.6. The molecule has 25 heavy (non-hydrogen) atoms. The van der Waals surface area contributed by atoms with Gasteiger partial charge in [0.05, 0.1) is 6.61 Å². The molecule has 0 aromatic heterocycles. The van der Waals surface area contributed by atoms with Crippen molar-refractivity contribution >= 4 is 15.7 Å². The molecule has 0 radical (unpaired) electrons. The second-order valence-corrected chi connectivity index (χ2v) is 6.08. The number of ether oxygens (including phenoxy) is 1. The Morgan fingerprint density at radius 2 is 1.52 bits per heavy atom. The van der Waals surface area contributed by atoms with E-state index < -0.39 is 0 Å².